The molecule has 0 aromatic carbocycles. The second kappa shape index (κ2) is 6.83. The highest BCUT2D eigenvalue weighted by Crippen LogP contribution is 2.23. The van der Waals surface area contributed by atoms with Crippen molar-refractivity contribution in [2.24, 2.45) is 0 Å². The first-order valence-electron chi connectivity index (χ1n) is 8.26. The Kier molecular flexibility index (Phi) is 4.80. The first-order valence-corrected chi connectivity index (χ1v) is 9.08. The van der Waals surface area contributed by atoms with E-state index in [1.54, 1.807) is 16.2 Å². The molecule has 2 aromatic rings. The van der Waals surface area contributed by atoms with Crippen LogP contribution in [0.25, 0.3) is 0 Å². The van der Waals surface area contributed by atoms with Crippen LogP contribution in [0.5, 0.6) is 0 Å². The van der Waals surface area contributed by atoms with E-state index in [9.17, 15) is 4.79 Å². The molecule has 5 nitrogen and oxygen atoms in total. The van der Waals surface area contributed by atoms with Crippen molar-refractivity contribution in [1.82, 2.24) is 20.1 Å². The van der Waals surface area contributed by atoms with Crippen molar-refractivity contribution in [1.29, 1.82) is 0 Å². The Balaban J connectivity index is 1.67. The van der Waals surface area contributed by atoms with Crippen LogP contribution in [0.1, 0.15) is 51.8 Å². The van der Waals surface area contributed by atoms with Gasteiger partial charge in [-0.05, 0) is 45.1 Å². The lowest BCUT2D eigenvalue weighted by atomic mass is 10.1. The molecule has 0 atom stereocenters. The highest BCUT2D eigenvalue weighted by molar-refractivity contribution is 7.11. The molecule has 1 aliphatic rings. The van der Waals surface area contributed by atoms with Gasteiger partial charge >= 0.3 is 0 Å². The summed E-state index contributed by atoms with van der Waals surface area (Å²) in [6.07, 6.45) is 6.25. The summed E-state index contributed by atoms with van der Waals surface area (Å²) in [6, 6.07) is 0. The number of amides is 1. The number of H-pyrrole nitrogens is 1. The number of aromatic amines is 1. The average Bonchev–Trinajstić information content (AvgIpc) is 2.92. The second-order valence-corrected chi connectivity index (χ2v) is 7.76. The lowest BCUT2D eigenvalue weighted by molar-refractivity contribution is -0.129. The molecule has 6 heteroatoms. The van der Waals surface area contributed by atoms with Crippen molar-refractivity contribution in [2.75, 3.05) is 7.05 Å². The van der Waals surface area contributed by atoms with E-state index in [1.165, 1.54) is 30.5 Å². The highest BCUT2D eigenvalue weighted by atomic mass is 32.1. The number of rotatable bonds is 4. The number of carbonyl (C=O) groups is 1. The van der Waals surface area contributed by atoms with Crippen molar-refractivity contribution in [3.63, 3.8) is 0 Å². The maximum absolute atomic E-state index is 12.5. The van der Waals surface area contributed by atoms with Gasteiger partial charge in [-0.25, -0.2) is 4.98 Å². The number of hydrogen-bond acceptors (Lipinski definition) is 4. The van der Waals surface area contributed by atoms with Crippen molar-refractivity contribution in [3.05, 3.63) is 32.5 Å². The van der Waals surface area contributed by atoms with E-state index in [0.717, 1.165) is 34.1 Å². The Bertz CT molecular complexity index is 704. The first kappa shape index (κ1) is 16.2. The number of likely N-dealkylation sites (N-methyl/N-ethyl adjacent to an activating group) is 1. The topological polar surface area (TPSA) is 61.9 Å². The Labute approximate surface area is 141 Å². The fourth-order valence-electron chi connectivity index (χ4n) is 3.18. The van der Waals surface area contributed by atoms with E-state index >= 15 is 0 Å². The van der Waals surface area contributed by atoms with Crippen LogP contribution >= 0.6 is 11.3 Å². The van der Waals surface area contributed by atoms with Crippen molar-refractivity contribution in [3.8, 4) is 0 Å². The van der Waals surface area contributed by atoms with E-state index < -0.39 is 0 Å². The zero-order valence-corrected chi connectivity index (χ0v) is 14.9. The van der Waals surface area contributed by atoms with Gasteiger partial charge in [-0.15, -0.1) is 11.3 Å². The van der Waals surface area contributed by atoms with Gasteiger partial charge in [0.25, 0.3) is 0 Å². The van der Waals surface area contributed by atoms with E-state index in [0.29, 0.717) is 13.0 Å². The van der Waals surface area contributed by atoms with Crippen LogP contribution < -0.4 is 0 Å². The Morgan fingerprint density at radius 3 is 2.74 bits per heavy atom. The molecule has 0 bridgehead atoms. The summed E-state index contributed by atoms with van der Waals surface area (Å²) in [4.78, 5) is 19.9. The predicted octanol–water partition coefficient (Wildman–Crippen LogP) is 2.95. The molecule has 0 spiro atoms. The monoisotopic (exact) mass is 332 g/mol. The molecule has 0 radical (unpaired) electrons. The quantitative estimate of drug-likeness (QED) is 0.876. The Hall–Kier alpha value is -1.69. The van der Waals surface area contributed by atoms with E-state index in [-0.39, 0.29) is 5.91 Å². The van der Waals surface area contributed by atoms with Gasteiger partial charge < -0.3 is 4.90 Å². The number of thiazole rings is 1. The average molecular weight is 332 g/mol. The van der Waals surface area contributed by atoms with Crippen molar-refractivity contribution >= 4 is 17.2 Å². The number of nitrogens with zero attached hydrogens (tertiary/aromatic N) is 3. The summed E-state index contributed by atoms with van der Waals surface area (Å²) < 4.78 is 0. The fourth-order valence-corrected chi connectivity index (χ4v) is 4.02. The summed E-state index contributed by atoms with van der Waals surface area (Å²) >= 11 is 1.65. The zero-order chi connectivity index (χ0) is 16.4. The molecule has 0 unspecified atom stereocenters. The number of hydrogen-bond donors (Lipinski definition) is 1. The van der Waals surface area contributed by atoms with E-state index in [2.05, 4.69) is 15.2 Å². The molecular formula is C17H24N4OS. The van der Waals surface area contributed by atoms with Crippen LogP contribution in [0.15, 0.2) is 0 Å². The third-order valence-electron chi connectivity index (χ3n) is 4.52. The third kappa shape index (κ3) is 3.63. The van der Waals surface area contributed by atoms with Crippen LogP contribution in [0.2, 0.25) is 0 Å². The van der Waals surface area contributed by atoms with Crippen LogP contribution in [0.3, 0.4) is 0 Å². The molecule has 0 fully saturated rings. The maximum Gasteiger partial charge on any atom is 0.228 e. The predicted molar refractivity (Wildman–Crippen MR) is 91.6 cm³/mol. The third-order valence-corrected chi connectivity index (χ3v) is 5.45. The number of aryl methyl sites for hydroxylation is 3. The first-order chi connectivity index (χ1) is 11.0. The highest BCUT2D eigenvalue weighted by Gasteiger charge is 2.20. The molecule has 0 aliphatic heterocycles. The lowest BCUT2D eigenvalue weighted by Crippen LogP contribution is -2.28. The van der Waals surface area contributed by atoms with Crippen LogP contribution in [-0.4, -0.2) is 33.0 Å². The molecule has 0 saturated carbocycles. The number of nitrogens with one attached hydrogen (secondary N) is 1. The van der Waals surface area contributed by atoms with Gasteiger partial charge in [0, 0.05) is 17.6 Å². The molecule has 2 aromatic heterocycles. The lowest BCUT2D eigenvalue weighted by Gasteiger charge is -2.16. The molecular weight excluding hydrogens is 308 g/mol. The molecule has 124 valence electrons. The molecule has 3 rings (SSSR count). The van der Waals surface area contributed by atoms with Gasteiger partial charge in [0.2, 0.25) is 5.91 Å². The second-order valence-electron chi connectivity index (χ2n) is 6.35. The van der Waals surface area contributed by atoms with Crippen LogP contribution in [0, 0.1) is 13.8 Å². The van der Waals surface area contributed by atoms with Crippen LogP contribution in [0.4, 0.5) is 0 Å². The van der Waals surface area contributed by atoms with E-state index in [4.69, 9.17) is 0 Å². The van der Waals surface area contributed by atoms with Gasteiger partial charge in [0.05, 0.1) is 29.4 Å². The smallest absolute Gasteiger partial charge is 0.228 e. The zero-order valence-electron chi connectivity index (χ0n) is 14.1. The van der Waals surface area contributed by atoms with Crippen molar-refractivity contribution in [2.45, 2.75) is 58.9 Å². The summed E-state index contributed by atoms with van der Waals surface area (Å²) in [5, 5.41) is 8.65. The van der Waals surface area contributed by atoms with Gasteiger partial charge in [-0.1, -0.05) is 6.42 Å². The largest absolute Gasteiger partial charge is 0.339 e. The number of aromatic nitrogens is 3. The molecule has 23 heavy (non-hydrogen) atoms. The molecule has 1 aliphatic carbocycles. The maximum atomic E-state index is 12.5. The minimum absolute atomic E-state index is 0.101. The SMILES string of the molecule is Cc1nc(CC(=O)N(C)Cc2n[nH]c3c2CCCCC3)c(C)s1. The summed E-state index contributed by atoms with van der Waals surface area (Å²) in [5.41, 5.74) is 4.54. The van der Waals surface area contributed by atoms with E-state index in [1.807, 2.05) is 20.9 Å². The number of carbonyl (C=O) groups excluding carboxylic acids is 1. The molecule has 0 saturated heterocycles. The minimum Gasteiger partial charge on any atom is -0.339 e. The molecule has 1 N–H and O–H groups in total. The summed E-state index contributed by atoms with van der Waals surface area (Å²) in [7, 11) is 1.86. The Morgan fingerprint density at radius 1 is 1.22 bits per heavy atom. The summed E-state index contributed by atoms with van der Waals surface area (Å²) in [6.45, 7) is 4.59. The fraction of sp³-hybridized carbons (Fsp3) is 0.588. The van der Waals surface area contributed by atoms with Gasteiger partial charge in [0.1, 0.15) is 0 Å². The van der Waals surface area contributed by atoms with Crippen LogP contribution in [-0.2, 0) is 30.6 Å². The van der Waals surface area contributed by atoms with Gasteiger partial charge in [-0.3, -0.25) is 9.89 Å². The van der Waals surface area contributed by atoms with Crippen molar-refractivity contribution < 1.29 is 4.79 Å². The normalized spacial score (nSPS) is 14.4. The van der Waals surface area contributed by atoms with Gasteiger partial charge in [-0.2, -0.15) is 5.10 Å². The summed E-state index contributed by atoms with van der Waals surface area (Å²) in [5.74, 6) is 0.101. The standard InChI is InChI=1S/C17H24N4OS/c1-11-15(18-12(2)23-11)9-17(22)21(3)10-16-13-7-5-4-6-8-14(13)19-20-16/h4-10H2,1-3H3,(H,19,20). The molecule has 1 amide bonds. The minimum atomic E-state index is 0.101. The van der Waals surface area contributed by atoms with Gasteiger partial charge in [0.15, 0.2) is 0 Å². The molecule has 2 heterocycles. The Morgan fingerprint density at radius 2 is 2.00 bits per heavy atom. The number of fused-ring (bicyclic) bond motifs is 1.